The van der Waals surface area contributed by atoms with Gasteiger partial charge in [-0.1, -0.05) is 26.0 Å². The third-order valence-electron chi connectivity index (χ3n) is 3.72. The van der Waals surface area contributed by atoms with Gasteiger partial charge in [-0.3, -0.25) is 4.79 Å². The summed E-state index contributed by atoms with van der Waals surface area (Å²) in [7, 11) is 0. The first-order valence-corrected chi connectivity index (χ1v) is 6.17. The molecule has 0 spiro atoms. The zero-order valence-corrected chi connectivity index (χ0v) is 10.2. The van der Waals surface area contributed by atoms with Crippen molar-refractivity contribution in [1.82, 2.24) is 5.32 Å². The van der Waals surface area contributed by atoms with Crippen LogP contribution >= 0.6 is 0 Å². The third kappa shape index (κ3) is 2.21. The number of hydrogen-bond acceptors (Lipinski definition) is 3. The Bertz CT molecular complexity index is 362. The van der Waals surface area contributed by atoms with Crippen molar-refractivity contribution < 1.29 is 14.7 Å². The van der Waals surface area contributed by atoms with Gasteiger partial charge in [0.05, 0.1) is 5.92 Å². The molecule has 2 aliphatic rings. The van der Waals surface area contributed by atoms with Crippen LogP contribution in [-0.4, -0.2) is 18.4 Å². The average molecular weight is 236 g/mol. The van der Waals surface area contributed by atoms with Crippen LogP contribution in [0.2, 0.25) is 0 Å². The Hall–Kier alpha value is -1.32. The fourth-order valence-electron chi connectivity index (χ4n) is 2.92. The van der Waals surface area contributed by atoms with Gasteiger partial charge in [0.2, 0.25) is 5.91 Å². The van der Waals surface area contributed by atoms with Crippen molar-refractivity contribution in [2.24, 2.45) is 29.6 Å². The normalized spacial score (nSPS) is 34.3. The predicted octanol–water partition coefficient (Wildman–Crippen LogP) is -0.0532. The molecule has 0 heterocycles. The summed E-state index contributed by atoms with van der Waals surface area (Å²) in [4.78, 5) is 23.1. The Morgan fingerprint density at radius 2 is 1.88 bits per heavy atom. The minimum absolute atomic E-state index is 0.0141. The maximum absolute atomic E-state index is 12.0. The Morgan fingerprint density at radius 1 is 1.29 bits per heavy atom. The summed E-state index contributed by atoms with van der Waals surface area (Å²) in [5.41, 5.74) is 0. The highest BCUT2D eigenvalue weighted by molar-refractivity contribution is 5.86. The second-order valence-corrected chi connectivity index (χ2v) is 5.46. The van der Waals surface area contributed by atoms with Crippen molar-refractivity contribution in [3.63, 3.8) is 0 Å². The molecular formula is C13H18NO3-. The smallest absolute Gasteiger partial charge is 0.224 e. The van der Waals surface area contributed by atoms with Gasteiger partial charge in [0.25, 0.3) is 0 Å². The van der Waals surface area contributed by atoms with Crippen LogP contribution in [-0.2, 0) is 9.59 Å². The number of carboxylic acid groups (broad SMARTS) is 1. The highest BCUT2D eigenvalue weighted by atomic mass is 16.4. The number of nitrogens with one attached hydrogen (secondary N) is 1. The molecule has 94 valence electrons. The van der Waals surface area contributed by atoms with Gasteiger partial charge in [0.1, 0.15) is 0 Å². The number of carboxylic acids is 1. The lowest BCUT2D eigenvalue weighted by molar-refractivity contribution is -0.313. The molecule has 4 heteroatoms. The summed E-state index contributed by atoms with van der Waals surface area (Å²) in [5, 5.41) is 13.9. The number of amides is 1. The molecule has 1 saturated carbocycles. The van der Waals surface area contributed by atoms with Crippen LogP contribution < -0.4 is 10.4 Å². The molecule has 0 aromatic heterocycles. The number of allylic oxidation sites excluding steroid dienone is 2. The minimum atomic E-state index is -1.09. The zero-order chi connectivity index (χ0) is 12.6. The molecule has 0 aromatic carbocycles. The highest BCUT2D eigenvalue weighted by Crippen LogP contribution is 2.47. The van der Waals surface area contributed by atoms with Gasteiger partial charge >= 0.3 is 0 Å². The molecule has 1 fully saturated rings. The van der Waals surface area contributed by atoms with Crippen molar-refractivity contribution in [3.05, 3.63) is 12.2 Å². The maximum atomic E-state index is 12.0. The first-order chi connectivity index (χ1) is 8.00. The monoisotopic (exact) mass is 236 g/mol. The molecule has 4 atom stereocenters. The molecular weight excluding hydrogens is 218 g/mol. The van der Waals surface area contributed by atoms with Crippen LogP contribution in [0.1, 0.15) is 20.3 Å². The maximum Gasteiger partial charge on any atom is 0.224 e. The Morgan fingerprint density at radius 3 is 2.41 bits per heavy atom. The van der Waals surface area contributed by atoms with Crippen LogP contribution in [0.25, 0.3) is 0 Å². The van der Waals surface area contributed by atoms with Gasteiger partial charge in [0.15, 0.2) is 0 Å². The predicted molar refractivity (Wildman–Crippen MR) is 60.6 cm³/mol. The fraction of sp³-hybridized carbons (Fsp3) is 0.692. The van der Waals surface area contributed by atoms with E-state index in [0.717, 1.165) is 6.42 Å². The zero-order valence-electron chi connectivity index (χ0n) is 10.2. The van der Waals surface area contributed by atoms with E-state index in [0.29, 0.717) is 12.5 Å². The molecule has 17 heavy (non-hydrogen) atoms. The number of hydrogen-bond donors (Lipinski definition) is 1. The fourth-order valence-corrected chi connectivity index (χ4v) is 2.92. The molecule has 4 nitrogen and oxygen atoms in total. The van der Waals surface area contributed by atoms with Crippen LogP contribution in [0.5, 0.6) is 0 Å². The molecule has 2 aliphatic carbocycles. The molecule has 1 N–H and O–H groups in total. The van der Waals surface area contributed by atoms with E-state index in [4.69, 9.17) is 0 Å². The molecule has 2 rings (SSSR count). The van der Waals surface area contributed by atoms with Crippen LogP contribution in [0.3, 0.4) is 0 Å². The first kappa shape index (κ1) is 12.1. The number of fused-ring (bicyclic) bond motifs is 2. The summed E-state index contributed by atoms with van der Waals surface area (Å²) >= 11 is 0. The van der Waals surface area contributed by atoms with Crippen molar-refractivity contribution in [2.45, 2.75) is 20.3 Å². The molecule has 0 radical (unpaired) electrons. The molecule has 2 bridgehead atoms. The highest BCUT2D eigenvalue weighted by Gasteiger charge is 2.48. The SMILES string of the molecule is CC(C)CNC(=O)[C@H]1[C@@H](C(=O)[O-])[C@H]2C=C[C@H]1C2. The summed E-state index contributed by atoms with van der Waals surface area (Å²) < 4.78 is 0. The van der Waals surface area contributed by atoms with Crippen molar-refractivity contribution in [2.75, 3.05) is 6.54 Å². The van der Waals surface area contributed by atoms with E-state index in [1.54, 1.807) is 0 Å². The minimum Gasteiger partial charge on any atom is -0.550 e. The van der Waals surface area contributed by atoms with E-state index in [-0.39, 0.29) is 17.7 Å². The van der Waals surface area contributed by atoms with Gasteiger partial charge in [-0.05, 0) is 24.2 Å². The van der Waals surface area contributed by atoms with Gasteiger partial charge in [-0.25, -0.2) is 0 Å². The first-order valence-electron chi connectivity index (χ1n) is 6.17. The second kappa shape index (κ2) is 4.51. The number of aliphatic carboxylic acids is 1. The summed E-state index contributed by atoms with van der Waals surface area (Å²) in [5.74, 6) is -1.87. The van der Waals surface area contributed by atoms with Crippen molar-refractivity contribution >= 4 is 11.9 Å². The molecule has 0 aliphatic heterocycles. The summed E-state index contributed by atoms with van der Waals surface area (Å²) in [6.07, 6.45) is 4.67. The van der Waals surface area contributed by atoms with E-state index in [9.17, 15) is 14.7 Å². The van der Waals surface area contributed by atoms with E-state index >= 15 is 0 Å². The standard InChI is InChI=1S/C13H19NO3/c1-7(2)6-14-12(15)10-8-3-4-9(5-8)11(10)13(16)17/h3-4,7-11H,5-6H2,1-2H3,(H,14,15)(H,16,17)/p-1/t8-,9-,10+,11-/m0/s1. The van der Waals surface area contributed by atoms with Gasteiger partial charge in [0, 0.05) is 18.4 Å². The lowest BCUT2D eigenvalue weighted by atomic mass is 9.82. The van der Waals surface area contributed by atoms with Crippen molar-refractivity contribution in [3.8, 4) is 0 Å². The lowest BCUT2D eigenvalue weighted by Crippen LogP contribution is -2.45. The number of carbonyl (C=O) groups is 2. The van der Waals surface area contributed by atoms with Crippen LogP contribution in [0.4, 0.5) is 0 Å². The molecule has 1 amide bonds. The van der Waals surface area contributed by atoms with E-state index in [2.05, 4.69) is 5.32 Å². The quantitative estimate of drug-likeness (QED) is 0.696. The summed E-state index contributed by atoms with van der Waals surface area (Å²) in [6, 6.07) is 0. The van der Waals surface area contributed by atoms with Crippen LogP contribution in [0.15, 0.2) is 12.2 Å². The Kier molecular flexibility index (Phi) is 3.22. The molecule has 0 unspecified atom stereocenters. The largest absolute Gasteiger partial charge is 0.550 e. The van der Waals surface area contributed by atoms with Gasteiger partial charge < -0.3 is 15.2 Å². The number of rotatable bonds is 4. The van der Waals surface area contributed by atoms with Crippen molar-refractivity contribution in [1.29, 1.82) is 0 Å². The average Bonchev–Trinajstić information content (AvgIpc) is 2.84. The topological polar surface area (TPSA) is 69.2 Å². The summed E-state index contributed by atoms with van der Waals surface area (Å²) in [6.45, 7) is 4.62. The van der Waals surface area contributed by atoms with Crippen LogP contribution in [0, 0.1) is 29.6 Å². The van der Waals surface area contributed by atoms with Gasteiger partial charge in [-0.15, -0.1) is 0 Å². The third-order valence-corrected chi connectivity index (χ3v) is 3.72. The van der Waals surface area contributed by atoms with E-state index in [1.165, 1.54) is 0 Å². The molecule has 0 saturated heterocycles. The molecule has 0 aromatic rings. The Balaban J connectivity index is 2.06. The number of carbonyl (C=O) groups excluding carboxylic acids is 2. The van der Waals surface area contributed by atoms with E-state index < -0.39 is 17.8 Å². The lowest BCUT2D eigenvalue weighted by Gasteiger charge is -2.28. The second-order valence-electron chi connectivity index (χ2n) is 5.46. The van der Waals surface area contributed by atoms with Gasteiger partial charge in [-0.2, -0.15) is 0 Å². The van der Waals surface area contributed by atoms with E-state index in [1.807, 2.05) is 26.0 Å². The Labute approximate surface area is 101 Å².